The first-order valence-electron chi connectivity index (χ1n) is 2.95. The van der Waals surface area contributed by atoms with Gasteiger partial charge >= 0.3 is 0 Å². The molecule has 0 aromatic carbocycles. The van der Waals surface area contributed by atoms with Gasteiger partial charge in [-0.2, -0.15) is 0 Å². The van der Waals surface area contributed by atoms with Crippen LogP contribution in [0.5, 0.6) is 0 Å². The van der Waals surface area contributed by atoms with E-state index in [0.29, 0.717) is 11.8 Å². The Hall–Kier alpha value is -1.09. The third-order valence-electron chi connectivity index (χ3n) is 1.39. The first-order valence-corrected chi connectivity index (χ1v) is 2.95. The second-order valence-corrected chi connectivity index (χ2v) is 2.41. The van der Waals surface area contributed by atoms with E-state index in [4.69, 9.17) is 10.2 Å². The molecule has 0 aliphatic heterocycles. The van der Waals surface area contributed by atoms with Gasteiger partial charge in [-0.25, -0.2) is 0 Å². The molecule has 0 amide bonds. The molecule has 0 aliphatic rings. The van der Waals surface area contributed by atoms with Crippen molar-refractivity contribution >= 4 is 6.29 Å². The molecular weight excluding hydrogens is 130 g/mol. The van der Waals surface area contributed by atoms with Crippen molar-refractivity contribution in [2.45, 2.75) is 12.5 Å². The van der Waals surface area contributed by atoms with Crippen LogP contribution in [0.4, 0.5) is 0 Å². The molecule has 0 aliphatic carbocycles. The molecule has 0 saturated carbocycles. The van der Waals surface area contributed by atoms with Gasteiger partial charge in [0.2, 0.25) is 0 Å². The number of nitrogens with two attached hydrogens (primary N) is 1. The lowest BCUT2D eigenvalue weighted by molar-refractivity contribution is -0.112. The lowest BCUT2D eigenvalue weighted by Crippen LogP contribution is -2.33. The Labute approximate surface area is 58.8 Å². The highest BCUT2D eigenvalue weighted by Crippen LogP contribution is 2.14. The molecule has 2 N–H and O–H groups in total. The predicted molar refractivity (Wildman–Crippen MR) is 36.3 cm³/mol. The van der Waals surface area contributed by atoms with Crippen LogP contribution >= 0.6 is 0 Å². The molecule has 10 heavy (non-hydrogen) atoms. The van der Waals surface area contributed by atoms with Crippen molar-refractivity contribution in [1.82, 2.24) is 0 Å². The maximum Gasteiger partial charge on any atom is 0.144 e. The summed E-state index contributed by atoms with van der Waals surface area (Å²) < 4.78 is 4.76. The minimum atomic E-state index is -0.910. The molecular formula is C7H9NO2. The van der Waals surface area contributed by atoms with Crippen LogP contribution in [0.3, 0.4) is 0 Å². The van der Waals surface area contributed by atoms with Crippen molar-refractivity contribution in [2.24, 2.45) is 5.73 Å². The monoisotopic (exact) mass is 139 g/mol. The molecule has 0 fully saturated rings. The van der Waals surface area contributed by atoms with Crippen LogP contribution in [0.15, 0.2) is 23.0 Å². The highest BCUT2D eigenvalue weighted by Gasteiger charge is 2.20. The second-order valence-electron chi connectivity index (χ2n) is 2.41. The standard InChI is InChI=1S/C7H9NO2/c1-7(8,5-9)6-2-3-10-4-6/h2-5H,8H2,1H3. The lowest BCUT2D eigenvalue weighted by atomic mass is 9.99. The Bertz CT molecular complexity index is 214. The summed E-state index contributed by atoms with van der Waals surface area (Å²) in [5.74, 6) is 0. The van der Waals surface area contributed by atoms with E-state index in [1.807, 2.05) is 0 Å². The maximum absolute atomic E-state index is 10.4. The number of carbonyl (C=O) groups excluding carboxylic acids is 1. The third-order valence-corrected chi connectivity index (χ3v) is 1.39. The van der Waals surface area contributed by atoms with Crippen molar-refractivity contribution in [1.29, 1.82) is 0 Å². The molecule has 3 heteroatoms. The Morgan fingerprint density at radius 2 is 2.50 bits per heavy atom. The summed E-state index contributed by atoms with van der Waals surface area (Å²) >= 11 is 0. The summed E-state index contributed by atoms with van der Waals surface area (Å²) in [6, 6.07) is 1.67. The molecule has 0 spiro atoms. The van der Waals surface area contributed by atoms with Crippen molar-refractivity contribution in [3.63, 3.8) is 0 Å². The average molecular weight is 139 g/mol. The van der Waals surface area contributed by atoms with Crippen LogP contribution in [0.1, 0.15) is 12.5 Å². The first kappa shape index (κ1) is 7.02. The number of carbonyl (C=O) groups is 1. The van der Waals surface area contributed by atoms with Crippen molar-refractivity contribution in [3.05, 3.63) is 24.2 Å². The van der Waals surface area contributed by atoms with Gasteiger partial charge in [-0.1, -0.05) is 0 Å². The molecule has 0 bridgehead atoms. The number of furan rings is 1. The van der Waals surface area contributed by atoms with Gasteiger partial charge in [0.15, 0.2) is 0 Å². The van der Waals surface area contributed by atoms with Gasteiger partial charge in [0.1, 0.15) is 6.29 Å². The minimum Gasteiger partial charge on any atom is -0.472 e. The van der Waals surface area contributed by atoms with Gasteiger partial charge in [0.05, 0.1) is 18.1 Å². The van der Waals surface area contributed by atoms with Crippen LogP contribution in [-0.4, -0.2) is 6.29 Å². The zero-order valence-corrected chi connectivity index (χ0v) is 5.70. The quantitative estimate of drug-likeness (QED) is 0.612. The van der Waals surface area contributed by atoms with E-state index in [9.17, 15) is 4.79 Å². The van der Waals surface area contributed by atoms with Gasteiger partial charge in [-0.3, -0.25) is 0 Å². The fraction of sp³-hybridized carbons (Fsp3) is 0.286. The Kier molecular flexibility index (Phi) is 1.59. The summed E-state index contributed by atoms with van der Waals surface area (Å²) in [6.07, 6.45) is 3.65. The molecule has 54 valence electrons. The molecule has 0 saturated heterocycles. The Morgan fingerprint density at radius 1 is 1.80 bits per heavy atom. The number of aldehydes is 1. The molecule has 1 aromatic heterocycles. The molecule has 1 rings (SSSR count). The van der Waals surface area contributed by atoms with E-state index in [1.165, 1.54) is 12.5 Å². The molecule has 1 aromatic rings. The van der Waals surface area contributed by atoms with Crippen molar-refractivity contribution in [3.8, 4) is 0 Å². The summed E-state index contributed by atoms with van der Waals surface area (Å²) in [5.41, 5.74) is 5.34. The summed E-state index contributed by atoms with van der Waals surface area (Å²) in [6.45, 7) is 1.63. The number of rotatable bonds is 2. The van der Waals surface area contributed by atoms with E-state index in [0.717, 1.165) is 0 Å². The maximum atomic E-state index is 10.4. The second kappa shape index (κ2) is 2.27. The predicted octanol–water partition coefficient (Wildman–Crippen LogP) is 0.652. The highest BCUT2D eigenvalue weighted by atomic mass is 16.3. The zero-order valence-electron chi connectivity index (χ0n) is 5.70. The number of hydrogen-bond acceptors (Lipinski definition) is 3. The largest absolute Gasteiger partial charge is 0.472 e. The molecule has 0 radical (unpaired) electrons. The lowest BCUT2D eigenvalue weighted by Gasteiger charge is -2.12. The Morgan fingerprint density at radius 3 is 2.90 bits per heavy atom. The smallest absolute Gasteiger partial charge is 0.144 e. The van der Waals surface area contributed by atoms with Gasteiger partial charge in [-0.05, 0) is 13.0 Å². The van der Waals surface area contributed by atoms with Crippen molar-refractivity contribution in [2.75, 3.05) is 0 Å². The average Bonchev–Trinajstić information content (AvgIpc) is 2.38. The van der Waals surface area contributed by atoms with E-state index in [1.54, 1.807) is 13.0 Å². The number of hydrogen-bond donors (Lipinski definition) is 1. The van der Waals surface area contributed by atoms with E-state index >= 15 is 0 Å². The van der Waals surface area contributed by atoms with E-state index in [-0.39, 0.29) is 0 Å². The minimum absolute atomic E-state index is 0.692. The van der Waals surface area contributed by atoms with E-state index < -0.39 is 5.54 Å². The third kappa shape index (κ3) is 1.09. The molecule has 1 atom stereocenters. The van der Waals surface area contributed by atoms with Crippen LogP contribution in [0.2, 0.25) is 0 Å². The van der Waals surface area contributed by atoms with Crippen LogP contribution in [0, 0.1) is 0 Å². The fourth-order valence-corrected chi connectivity index (χ4v) is 0.639. The highest BCUT2D eigenvalue weighted by molar-refractivity contribution is 5.66. The first-order chi connectivity index (χ1) is 4.67. The van der Waals surface area contributed by atoms with Gasteiger partial charge in [0.25, 0.3) is 0 Å². The molecule has 3 nitrogen and oxygen atoms in total. The van der Waals surface area contributed by atoms with Gasteiger partial charge in [0, 0.05) is 5.56 Å². The van der Waals surface area contributed by atoms with Gasteiger partial charge in [-0.15, -0.1) is 0 Å². The molecule has 1 heterocycles. The van der Waals surface area contributed by atoms with Gasteiger partial charge < -0.3 is 14.9 Å². The topological polar surface area (TPSA) is 56.2 Å². The van der Waals surface area contributed by atoms with Crippen molar-refractivity contribution < 1.29 is 9.21 Å². The Balaban J connectivity index is 2.95. The normalized spacial score (nSPS) is 16.2. The zero-order chi connectivity index (χ0) is 7.61. The summed E-state index contributed by atoms with van der Waals surface area (Å²) in [5, 5.41) is 0. The SMILES string of the molecule is CC(N)(C=O)c1ccoc1. The summed E-state index contributed by atoms with van der Waals surface area (Å²) in [7, 11) is 0. The van der Waals surface area contributed by atoms with Crippen LogP contribution < -0.4 is 5.73 Å². The van der Waals surface area contributed by atoms with E-state index in [2.05, 4.69) is 0 Å². The summed E-state index contributed by atoms with van der Waals surface area (Å²) in [4.78, 5) is 10.4. The molecule has 1 unspecified atom stereocenters. The van der Waals surface area contributed by atoms with Crippen LogP contribution in [0.25, 0.3) is 0 Å². The van der Waals surface area contributed by atoms with Crippen LogP contribution in [-0.2, 0) is 10.3 Å². The fourth-order valence-electron chi connectivity index (χ4n) is 0.639.